The smallest absolute Gasteiger partial charge is 0.356 e. The summed E-state index contributed by atoms with van der Waals surface area (Å²) >= 11 is 2.55. The molecular formula is C10H14N2O4S3. The van der Waals surface area contributed by atoms with Gasteiger partial charge in [-0.05, 0) is 25.5 Å². The van der Waals surface area contributed by atoms with E-state index in [0.29, 0.717) is 6.54 Å². The molecule has 1 aliphatic heterocycles. The van der Waals surface area contributed by atoms with Crippen molar-refractivity contribution in [2.24, 2.45) is 0 Å². The fourth-order valence-electron chi connectivity index (χ4n) is 1.86. The maximum absolute atomic E-state index is 12.1. The lowest BCUT2D eigenvalue weighted by atomic mass is 10.1. The number of thioether (sulfide) groups is 1. The van der Waals surface area contributed by atoms with E-state index in [-0.39, 0.29) is 8.96 Å². The van der Waals surface area contributed by atoms with E-state index < -0.39 is 21.7 Å². The number of carbonyl (C=O) groups is 1. The summed E-state index contributed by atoms with van der Waals surface area (Å²) in [5.41, 5.74) is 0.811. The molecule has 0 aliphatic carbocycles. The number of rotatable bonds is 5. The van der Waals surface area contributed by atoms with Crippen molar-refractivity contribution >= 4 is 39.1 Å². The number of aromatic carboxylic acids is 1. The predicted octanol–water partition coefficient (Wildman–Crippen LogP) is 1.41. The monoisotopic (exact) mass is 322 g/mol. The molecule has 2 N–H and O–H groups in total. The Morgan fingerprint density at radius 3 is 2.95 bits per heavy atom. The van der Waals surface area contributed by atoms with E-state index in [1.807, 2.05) is 6.92 Å². The van der Waals surface area contributed by atoms with Crippen LogP contribution < -0.4 is 4.72 Å². The number of sulfonamides is 1. The minimum absolute atomic E-state index is 0.110. The molecule has 0 saturated carbocycles. The second kappa shape index (κ2) is 5.39. The van der Waals surface area contributed by atoms with Crippen LogP contribution >= 0.6 is 23.1 Å². The largest absolute Gasteiger partial charge is 0.476 e. The van der Waals surface area contributed by atoms with E-state index in [4.69, 9.17) is 5.11 Å². The molecule has 6 nitrogen and oxygen atoms in total. The van der Waals surface area contributed by atoms with E-state index in [1.54, 1.807) is 11.8 Å². The summed E-state index contributed by atoms with van der Waals surface area (Å²) in [7, 11) is -3.81. The third-order valence-electron chi connectivity index (χ3n) is 2.92. The topological polar surface area (TPSA) is 96.4 Å². The van der Waals surface area contributed by atoms with Crippen molar-refractivity contribution in [3.05, 3.63) is 11.2 Å². The Bertz CT molecular complexity index is 575. The summed E-state index contributed by atoms with van der Waals surface area (Å²) in [6.45, 7) is 2.31. The van der Waals surface area contributed by atoms with Crippen LogP contribution in [-0.4, -0.2) is 41.5 Å². The summed E-state index contributed by atoms with van der Waals surface area (Å²) in [5.74, 6) is -0.304. The Kier molecular flexibility index (Phi) is 4.19. The summed E-state index contributed by atoms with van der Waals surface area (Å²) in [5, 5.41) is 8.90. The van der Waals surface area contributed by atoms with Gasteiger partial charge in [-0.1, -0.05) is 0 Å². The Hall–Kier alpha value is -0.640. The number of thiazole rings is 1. The lowest BCUT2D eigenvalue weighted by Crippen LogP contribution is -2.36. The number of nitrogens with one attached hydrogen (secondary N) is 1. The first kappa shape index (κ1) is 14.8. The molecule has 106 valence electrons. The molecule has 0 bridgehead atoms. The Labute approximate surface area is 119 Å². The van der Waals surface area contributed by atoms with Crippen LogP contribution in [0.3, 0.4) is 0 Å². The number of nitrogens with zero attached hydrogens (tertiary/aromatic N) is 1. The third kappa shape index (κ3) is 3.28. The highest BCUT2D eigenvalue weighted by Gasteiger charge is 2.33. The first-order valence-electron chi connectivity index (χ1n) is 5.64. The molecule has 1 aromatic heterocycles. The van der Waals surface area contributed by atoms with Gasteiger partial charge in [0.1, 0.15) is 0 Å². The highest BCUT2D eigenvalue weighted by molar-refractivity contribution is 8.01. The molecule has 1 aromatic rings. The number of carboxylic acids is 1. The minimum Gasteiger partial charge on any atom is -0.476 e. The van der Waals surface area contributed by atoms with Crippen molar-refractivity contribution in [2.75, 3.05) is 12.3 Å². The molecule has 0 aromatic carbocycles. The van der Waals surface area contributed by atoms with Gasteiger partial charge in [-0.25, -0.2) is 22.9 Å². The van der Waals surface area contributed by atoms with Crippen LogP contribution in [0.25, 0.3) is 0 Å². The van der Waals surface area contributed by atoms with Gasteiger partial charge in [0.2, 0.25) is 0 Å². The van der Waals surface area contributed by atoms with E-state index in [2.05, 4.69) is 9.71 Å². The van der Waals surface area contributed by atoms with Crippen molar-refractivity contribution in [3.8, 4) is 0 Å². The summed E-state index contributed by atoms with van der Waals surface area (Å²) in [4.78, 5) is 14.5. The molecule has 19 heavy (non-hydrogen) atoms. The van der Waals surface area contributed by atoms with Gasteiger partial charge in [0.15, 0.2) is 9.90 Å². The van der Waals surface area contributed by atoms with Crippen LogP contribution in [0.15, 0.2) is 9.72 Å². The van der Waals surface area contributed by atoms with Crippen molar-refractivity contribution in [1.29, 1.82) is 0 Å². The van der Waals surface area contributed by atoms with E-state index in [1.165, 1.54) is 5.51 Å². The number of aromatic nitrogens is 1. The van der Waals surface area contributed by atoms with Crippen molar-refractivity contribution in [1.82, 2.24) is 9.71 Å². The third-order valence-corrected chi connectivity index (χ3v) is 7.23. The van der Waals surface area contributed by atoms with E-state index in [0.717, 1.165) is 29.9 Å². The summed E-state index contributed by atoms with van der Waals surface area (Å²) in [6, 6.07) is 0. The van der Waals surface area contributed by atoms with E-state index in [9.17, 15) is 13.2 Å². The van der Waals surface area contributed by atoms with Crippen molar-refractivity contribution in [2.45, 2.75) is 28.7 Å². The highest BCUT2D eigenvalue weighted by atomic mass is 32.2. The van der Waals surface area contributed by atoms with Gasteiger partial charge >= 0.3 is 5.97 Å². The van der Waals surface area contributed by atoms with E-state index >= 15 is 0 Å². The zero-order chi connectivity index (χ0) is 14.1. The average Bonchev–Trinajstić information content (AvgIpc) is 2.96. The molecule has 1 aliphatic rings. The fourth-order valence-corrected chi connectivity index (χ4v) is 5.55. The standard InChI is InChI=1S/C10H14N2O4S3/c1-10(3-2-4-18-10)5-12-19(15,16)9-7(8(13)14)11-6-17-9/h6,12H,2-5H2,1H3,(H,13,14). The maximum atomic E-state index is 12.1. The lowest BCUT2D eigenvalue weighted by Gasteiger charge is -2.22. The van der Waals surface area contributed by atoms with Gasteiger partial charge in [-0.3, -0.25) is 0 Å². The highest BCUT2D eigenvalue weighted by Crippen LogP contribution is 2.37. The fraction of sp³-hybridized carbons (Fsp3) is 0.600. The van der Waals surface area contributed by atoms with Gasteiger partial charge in [-0.2, -0.15) is 11.8 Å². The summed E-state index contributed by atoms with van der Waals surface area (Å²) in [6.07, 6.45) is 2.03. The van der Waals surface area contributed by atoms with Crippen molar-refractivity contribution in [3.63, 3.8) is 0 Å². The van der Waals surface area contributed by atoms with Gasteiger partial charge in [0.05, 0.1) is 5.51 Å². The molecule has 1 unspecified atom stereocenters. The number of hydrogen-bond donors (Lipinski definition) is 2. The van der Waals surface area contributed by atoms with Crippen LogP contribution in [0.4, 0.5) is 0 Å². The first-order valence-corrected chi connectivity index (χ1v) is 8.99. The second-order valence-corrected chi connectivity index (χ2v) is 9.02. The number of hydrogen-bond acceptors (Lipinski definition) is 6. The normalized spacial score (nSPS) is 23.6. The molecule has 9 heteroatoms. The van der Waals surface area contributed by atoms with Crippen LogP contribution in [0.2, 0.25) is 0 Å². The molecule has 0 amide bonds. The Balaban J connectivity index is 2.14. The van der Waals surface area contributed by atoms with Gasteiger partial charge in [-0.15, -0.1) is 11.3 Å². The zero-order valence-electron chi connectivity index (χ0n) is 10.2. The number of carboxylic acid groups (broad SMARTS) is 1. The van der Waals surface area contributed by atoms with Crippen molar-refractivity contribution < 1.29 is 18.3 Å². The molecule has 0 radical (unpaired) electrons. The van der Waals surface area contributed by atoms with Crippen LogP contribution in [0.1, 0.15) is 30.3 Å². The van der Waals surface area contributed by atoms with Gasteiger partial charge < -0.3 is 5.11 Å². The average molecular weight is 322 g/mol. The predicted molar refractivity (Wildman–Crippen MR) is 74.4 cm³/mol. The van der Waals surface area contributed by atoms with Gasteiger partial charge in [0, 0.05) is 11.3 Å². The first-order chi connectivity index (χ1) is 8.84. The zero-order valence-corrected chi connectivity index (χ0v) is 12.7. The molecule has 1 saturated heterocycles. The second-order valence-electron chi connectivity index (χ2n) is 4.52. The van der Waals surface area contributed by atoms with Crippen LogP contribution in [0, 0.1) is 0 Å². The Morgan fingerprint density at radius 1 is 1.63 bits per heavy atom. The summed E-state index contributed by atoms with van der Waals surface area (Å²) < 4.78 is 26.4. The Morgan fingerprint density at radius 2 is 2.37 bits per heavy atom. The quantitative estimate of drug-likeness (QED) is 0.851. The van der Waals surface area contributed by atoms with Gasteiger partial charge in [0.25, 0.3) is 10.0 Å². The van der Waals surface area contributed by atoms with Crippen LogP contribution in [-0.2, 0) is 10.0 Å². The van der Waals surface area contributed by atoms with Crippen LogP contribution in [0.5, 0.6) is 0 Å². The molecule has 1 fully saturated rings. The minimum atomic E-state index is -3.81. The molecule has 1 atom stereocenters. The maximum Gasteiger partial charge on any atom is 0.356 e. The molecule has 0 spiro atoms. The lowest BCUT2D eigenvalue weighted by molar-refractivity contribution is 0.0687. The molecule has 2 heterocycles. The SMILES string of the molecule is CC1(CNS(=O)(=O)c2scnc2C(=O)O)CCCS1. The molecule has 2 rings (SSSR count). The molecular weight excluding hydrogens is 308 g/mol.